The predicted octanol–water partition coefficient (Wildman–Crippen LogP) is 0.949. The van der Waals surface area contributed by atoms with Gasteiger partial charge in [0.1, 0.15) is 5.60 Å². The van der Waals surface area contributed by atoms with Gasteiger partial charge < -0.3 is 20.5 Å². The quantitative estimate of drug-likeness (QED) is 0.760. The normalized spacial score (nSPS) is 21.0. The van der Waals surface area contributed by atoms with Gasteiger partial charge in [-0.15, -0.1) is 0 Å². The number of rotatable bonds is 6. The minimum atomic E-state index is -0.463. The lowest BCUT2D eigenvalue weighted by atomic mass is 10.1. The average molecular weight is 287 g/mol. The number of nitrogens with two attached hydrogens (primary N) is 1. The Balaban J connectivity index is 2.28. The number of hydrogen-bond acceptors (Lipinski definition) is 5. The van der Waals surface area contributed by atoms with Crippen LogP contribution in [0.15, 0.2) is 0 Å². The summed E-state index contributed by atoms with van der Waals surface area (Å²) in [7, 11) is 2.07. The molecular formula is C14H29N3O3. The molecule has 2 unspecified atom stereocenters. The first-order chi connectivity index (χ1) is 9.33. The van der Waals surface area contributed by atoms with Crippen molar-refractivity contribution in [1.82, 2.24) is 10.2 Å². The number of alkyl carbamates (subject to hydrolysis) is 1. The first kappa shape index (κ1) is 17.2. The summed E-state index contributed by atoms with van der Waals surface area (Å²) >= 11 is 0. The lowest BCUT2D eigenvalue weighted by molar-refractivity contribution is 0.0520. The molecule has 0 aliphatic carbocycles. The Hall–Kier alpha value is -0.850. The fraction of sp³-hybridized carbons (Fsp3) is 0.929. The van der Waals surface area contributed by atoms with Gasteiger partial charge in [0.2, 0.25) is 0 Å². The molecule has 0 aromatic rings. The van der Waals surface area contributed by atoms with Crippen LogP contribution >= 0.6 is 0 Å². The van der Waals surface area contributed by atoms with E-state index in [0.29, 0.717) is 19.1 Å². The second-order valence-corrected chi connectivity index (χ2v) is 6.29. The Labute approximate surface area is 122 Å². The van der Waals surface area contributed by atoms with E-state index in [4.69, 9.17) is 15.2 Å². The number of carbonyl (C=O) groups excluding carboxylic acids is 1. The molecule has 0 aromatic carbocycles. The van der Waals surface area contributed by atoms with E-state index < -0.39 is 5.60 Å². The van der Waals surface area contributed by atoms with Crippen molar-refractivity contribution < 1.29 is 14.3 Å². The van der Waals surface area contributed by atoms with E-state index in [9.17, 15) is 4.79 Å². The number of amides is 1. The molecule has 2 atom stereocenters. The summed E-state index contributed by atoms with van der Waals surface area (Å²) in [5.74, 6) is 0. The van der Waals surface area contributed by atoms with Gasteiger partial charge in [0.05, 0.1) is 6.61 Å². The van der Waals surface area contributed by atoms with Crippen molar-refractivity contribution in [2.45, 2.75) is 51.3 Å². The number of hydrogen-bond donors (Lipinski definition) is 2. The fourth-order valence-electron chi connectivity index (χ4n) is 2.28. The van der Waals surface area contributed by atoms with E-state index in [1.807, 2.05) is 20.8 Å². The van der Waals surface area contributed by atoms with Crippen molar-refractivity contribution in [2.24, 2.45) is 5.73 Å². The molecule has 1 aliphatic rings. The zero-order valence-electron chi connectivity index (χ0n) is 13.1. The van der Waals surface area contributed by atoms with E-state index >= 15 is 0 Å². The van der Waals surface area contributed by atoms with Crippen molar-refractivity contribution in [2.75, 3.05) is 33.4 Å². The van der Waals surface area contributed by atoms with Crippen molar-refractivity contribution in [3.63, 3.8) is 0 Å². The zero-order chi connectivity index (χ0) is 15.2. The van der Waals surface area contributed by atoms with Gasteiger partial charge in [0.25, 0.3) is 0 Å². The van der Waals surface area contributed by atoms with Gasteiger partial charge in [0.15, 0.2) is 0 Å². The van der Waals surface area contributed by atoms with Crippen LogP contribution in [0.2, 0.25) is 0 Å². The van der Waals surface area contributed by atoms with Crippen molar-refractivity contribution in [3.8, 4) is 0 Å². The highest BCUT2D eigenvalue weighted by molar-refractivity contribution is 5.67. The average Bonchev–Trinajstić information content (AvgIpc) is 2.85. The molecule has 1 saturated heterocycles. The summed E-state index contributed by atoms with van der Waals surface area (Å²) in [5.41, 5.74) is 5.37. The summed E-state index contributed by atoms with van der Waals surface area (Å²) in [5, 5.41) is 2.77. The van der Waals surface area contributed by atoms with Gasteiger partial charge in [-0.1, -0.05) is 0 Å². The van der Waals surface area contributed by atoms with Crippen LogP contribution in [0.5, 0.6) is 0 Å². The Morgan fingerprint density at radius 2 is 2.25 bits per heavy atom. The maximum Gasteiger partial charge on any atom is 0.407 e. The maximum absolute atomic E-state index is 11.6. The standard InChI is InChI=1S/C14H29N3O3/c1-14(2,3)20-13(18)16-7-5-11(9-15)17(4)12-6-8-19-10-12/h11-12H,5-10,15H2,1-4H3,(H,16,18). The number of likely N-dealkylation sites (N-methyl/N-ethyl adjacent to an activating group) is 1. The highest BCUT2D eigenvalue weighted by Crippen LogP contribution is 2.14. The Kier molecular flexibility index (Phi) is 6.71. The molecular weight excluding hydrogens is 258 g/mol. The van der Waals surface area contributed by atoms with E-state index in [1.165, 1.54) is 0 Å². The Morgan fingerprint density at radius 1 is 1.55 bits per heavy atom. The summed E-state index contributed by atoms with van der Waals surface area (Å²) in [4.78, 5) is 13.8. The van der Waals surface area contributed by atoms with Crippen LogP contribution in [-0.2, 0) is 9.47 Å². The second kappa shape index (κ2) is 7.81. The number of nitrogens with zero attached hydrogens (tertiary/aromatic N) is 1. The molecule has 0 aromatic heterocycles. The molecule has 0 radical (unpaired) electrons. The predicted molar refractivity (Wildman–Crippen MR) is 78.7 cm³/mol. The van der Waals surface area contributed by atoms with Gasteiger partial charge in [-0.3, -0.25) is 4.90 Å². The lowest BCUT2D eigenvalue weighted by Gasteiger charge is -2.31. The Bertz CT molecular complexity index is 299. The molecule has 20 heavy (non-hydrogen) atoms. The zero-order valence-corrected chi connectivity index (χ0v) is 13.1. The van der Waals surface area contributed by atoms with Gasteiger partial charge in [-0.25, -0.2) is 4.79 Å². The molecule has 3 N–H and O–H groups in total. The fourth-order valence-corrected chi connectivity index (χ4v) is 2.28. The van der Waals surface area contributed by atoms with Gasteiger partial charge in [0, 0.05) is 31.8 Å². The highest BCUT2D eigenvalue weighted by atomic mass is 16.6. The van der Waals surface area contributed by atoms with Gasteiger partial charge in [-0.05, 0) is 40.7 Å². The number of ether oxygens (including phenoxy) is 2. The monoisotopic (exact) mass is 287 g/mol. The number of nitrogens with one attached hydrogen (secondary N) is 1. The molecule has 1 heterocycles. The largest absolute Gasteiger partial charge is 0.444 e. The Morgan fingerprint density at radius 3 is 2.75 bits per heavy atom. The molecule has 6 nitrogen and oxygen atoms in total. The minimum absolute atomic E-state index is 0.247. The third-order valence-corrected chi connectivity index (χ3v) is 3.48. The van der Waals surface area contributed by atoms with E-state index in [1.54, 1.807) is 0 Å². The smallest absolute Gasteiger partial charge is 0.407 e. The first-order valence-corrected chi connectivity index (χ1v) is 7.30. The molecule has 1 amide bonds. The van der Waals surface area contributed by atoms with E-state index in [0.717, 1.165) is 26.1 Å². The van der Waals surface area contributed by atoms with Crippen LogP contribution in [0.25, 0.3) is 0 Å². The van der Waals surface area contributed by atoms with Crippen molar-refractivity contribution in [1.29, 1.82) is 0 Å². The molecule has 0 bridgehead atoms. The third-order valence-electron chi connectivity index (χ3n) is 3.48. The lowest BCUT2D eigenvalue weighted by Crippen LogP contribution is -2.46. The van der Waals surface area contributed by atoms with Crippen LogP contribution in [0.3, 0.4) is 0 Å². The molecule has 0 saturated carbocycles. The number of carbonyl (C=O) groups is 1. The topological polar surface area (TPSA) is 76.8 Å². The SMILES string of the molecule is CN(C(CN)CCNC(=O)OC(C)(C)C)C1CCOC1. The summed E-state index contributed by atoms with van der Waals surface area (Å²) in [6, 6.07) is 0.682. The minimum Gasteiger partial charge on any atom is -0.444 e. The molecule has 6 heteroatoms. The van der Waals surface area contributed by atoms with Crippen molar-refractivity contribution >= 4 is 6.09 Å². The van der Waals surface area contributed by atoms with Crippen molar-refractivity contribution in [3.05, 3.63) is 0 Å². The van der Waals surface area contributed by atoms with E-state index in [2.05, 4.69) is 17.3 Å². The maximum atomic E-state index is 11.6. The summed E-state index contributed by atoms with van der Waals surface area (Å²) in [6.45, 7) is 8.28. The molecule has 0 spiro atoms. The summed E-state index contributed by atoms with van der Waals surface area (Å²) in [6.07, 6.45) is 1.48. The molecule has 118 valence electrons. The third kappa shape index (κ3) is 6.07. The van der Waals surface area contributed by atoms with E-state index in [-0.39, 0.29) is 12.1 Å². The summed E-state index contributed by atoms with van der Waals surface area (Å²) < 4.78 is 10.6. The highest BCUT2D eigenvalue weighted by Gasteiger charge is 2.25. The molecule has 1 aliphatic heterocycles. The first-order valence-electron chi connectivity index (χ1n) is 7.30. The molecule has 1 fully saturated rings. The van der Waals surface area contributed by atoms with Crippen LogP contribution in [0.4, 0.5) is 4.79 Å². The molecule has 1 rings (SSSR count). The van der Waals surface area contributed by atoms with Gasteiger partial charge >= 0.3 is 6.09 Å². The van der Waals surface area contributed by atoms with Crippen LogP contribution in [0.1, 0.15) is 33.6 Å². The van der Waals surface area contributed by atoms with Gasteiger partial charge in [-0.2, -0.15) is 0 Å². The van der Waals surface area contributed by atoms with Crippen LogP contribution in [0, 0.1) is 0 Å². The second-order valence-electron chi connectivity index (χ2n) is 6.29. The van der Waals surface area contributed by atoms with Crippen LogP contribution in [-0.4, -0.2) is 62.0 Å². The van der Waals surface area contributed by atoms with Crippen LogP contribution < -0.4 is 11.1 Å².